The summed E-state index contributed by atoms with van der Waals surface area (Å²) < 4.78 is 44.8. The van der Waals surface area contributed by atoms with Crippen LogP contribution in [0.15, 0.2) is 61.1 Å². The third kappa shape index (κ3) is 3.33. The van der Waals surface area contributed by atoms with E-state index < -0.39 is 17.8 Å². The molecular weight excluding hydrogens is 357 g/mol. The summed E-state index contributed by atoms with van der Waals surface area (Å²) >= 11 is 0. The molecule has 0 saturated carbocycles. The average Bonchev–Trinajstić information content (AvgIpc) is 3.19. The zero-order valence-corrected chi connectivity index (χ0v) is 14.4. The zero-order valence-electron chi connectivity index (χ0n) is 14.4. The molecule has 0 amide bonds. The molecule has 2 bridgehead atoms. The third-order valence-electron chi connectivity index (χ3n) is 5.31. The van der Waals surface area contributed by atoms with E-state index in [-0.39, 0.29) is 24.0 Å². The van der Waals surface area contributed by atoms with Gasteiger partial charge >= 0.3 is 6.18 Å². The Labute approximate surface area is 154 Å². The van der Waals surface area contributed by atoms with E-state index in [0.717, 1.165) is 17.7 Å². The highest BCUT2D eigenvalue weighted by Gasteiger charge is 2.55. The van der Waals surface area contributed by atoms with Crippen LogP contribution in [0.5, 0.6) is 0 Å². The van der Waals surface area contributed by atoms with Crippen molar-refractivity contribution < 1.29 is 23.0 Å². The molecule has 2 N–H and O–H groups in total. The van der Waals surface area contributed by atoms with Crippen molar-refractivity contribution in [2.45, 2.75) is 36.8 Å². The van der Waals surface area contributed by atoms with Gasteiger partial charge in [-0.15, -0.1) is 0 Å². The van der Waals surface area contributed by atoms with Crippen LogP contribution in [0.2, 0.25) is 0 Å². The van der Waals surface area contributed by atoms with Gasteiger partial charge in [0.25, 0.3) is 0 Å². The number of aliphatic hydroxyl groups is 1. The molecule has 4 nitrogen and oxygen atoms in total. The molecule has 0 aliphatic carbocycles. The van der Waals surface area contributed by atoms with Gasteiger partial charge < -0.3 is 15.2 Å². The molecule has 0 radical (unpaired) electrons. The highest BCUT2D eigenvalue weighted by atomic mass is 19.4. The van der Waals surface area contributed by atoms with Gasteiger partial charge in [-0.3, -0.25) is 4.98 Å². The summed E-state index contributed by atoms with van der Waals surface area (Å²) in [5.74, 6) is -0.289. The minimum absolute atomic E-state index is 0.132. The van der Waals surface area contributed by atoms with Crippen LogP contribution in [-0.4, -0.2) is 28.4 Å². The lowest BCUT2D eigenvalue weighted by atomic mass is 9.73. The summed E-state index contributed by atoms with van der Waals surface area (Å²) in [6, 6.07) is 8.77. The quantitative estimate of drug-likeness (QED) is 0.848. The number of nitrogens with one attached hydrogen (secondary N) is 1. The maximum absolute atomic E-state index is 13.0. The number of benzene rings is 1. The first kappa shape index (κ1) is 18.0. The molecule has 1 aromatic carbocycles. The second kappa shape index (κ2) is 6.65. The van der Waals surface area contributed by atoms with Crippen LogP contribution in [-0.2, 0) is 10.9 Å². The molecule has 2 aromatic rings. The number of hydrogen-bond donors (Lipinski definition) is 2. The van der Waals surface area contributed by atoms with Crippen LogP contribution in [0.25, 0.3) is 0 Å². The average molecular weight is 376 g/mol. The van der Waals surface area contributed by atoms with E-state index in [1.165, 1.54) is 6.07 Å². The molecule has 7 heteroatoms. The van der Waals surface area contributed by atoms with Crippen LogP contribution < -0.4 is 5.32 Å². The number of rotatable bonds is 4. The summed E-state index contributed by atoms with van der Waals surface area (Å²) in [5, 5.41) is 13.3. The van der Waals surface area contributed by atoms with Gasteiger partial charge in [-0.2, -0.15) is 13.2 Å². The second-order valence-corrected chi connectivity index (χ2v) is 7.00. The Morgan fingerprint density at radius 3 is 2.67 bits per heavy atom. The van der Waals surface area contributed by atoms with Crippen LogP contribution >= 0.6 is 0 Å². The lowest BCUT2D eigenvalue weighted by Gasteiger charge is -2.32. The van der Waals surface area contributed by atoms with E-state index >= 15 is 0 Å². The number of anilines is 1. The summed E-state index contributed by atoms with van der Waals surface area (Å²) in [5.41, 5.74) is 1.15. The molecule has 1 aromatic heterocycles. The van der Waals surface area contributed by atoms with E-state index in [1.54, 1.807) is 18.5 Å². The number of aliphatic hydroxyl groups excluding tert-OH is 1. The number of ether oxygens (including phenoxy) is 1. The topological polar surface area (TPSA) is 54.4 Å². The normalized spacial score (nSPS) is 29.7. The number of alkyl halides is 3. The maximum atomic E-state index is 13.0. The molecule has 5 atom stereocenters. The number of pyridine rings is 1. The van der Waals surface area contributed by atoms with Crippen molar-refractivity contribution >= 4 is 5.69 Å². The van der Waals surface area contributed by atoms with Crippen molar-refractivity contribution in [2.24, 2.45) is 5.92 Å². The minimum atomic E-state index is -4.40. The summed E-state index contributed by atoms with van der Waals surface area (Å²) in [6.45, 7) is 4.07. The molecule has 2 saturated heterocycles. The standard InChI is InChI=1S/C20H19F3N2O2/c1-11(25-14-4-2-3-13(9-14)20(21,22)23)17-16-10-15(26)19(27-16)18(17)12-5-7-24-8-6-12/h2-9,15-19,25-26H,1,10H2/t15-,16+,17+,18+,19-/m1/s1. The van der Waals surface area contributed by atoms with Crippen LogP contribution in [0, 0.1) is 5.92 Å². The first-order valence-electron chi connectivity index (χ1n) is 8.71. The molecule has 4 rings (SSSR count). The van der Waals surface area contributed by atoms with E-state index in [2.05, 4.69) is 16.9 Å². The number of hydrogen-bond acceptors (Lipinski definition) is 4. The van der Waals surface area contributed by atoms with Crippen LogP contribution in [0.4, 0.5) is 18.9 Å². The lowest BCUT2D eigenvalue weighted by molar-refractivity contribution is -0.137. The molecule has 2 aliphatic rings. The molecule has 2 fully saturated rings. The van der Waals surface area contributed by atoms with E-state index in [4.69, 9.17) is 4.74 Å². The fraction of sp³-hybridized carbons (Fsp3) is 0.350. The van der Waals surface area contributed by atoms with Gasteiger partial charge in [-0.1, -0.05) is 12.6 Å². The van der Waals surface area contributed by atoms with Gasteiger partial charge in [-0.05, 0) is 35.9 Å². The van der Waals surface area contributed by atoms with Gasteiger partial charge in [0.1, 0.15) is 0 Å². The van der Waals surface area contributed by atoms with E-state index in [1.807, 2.05) is 12.1 Å². The van der Waals surface area contributed by atoms with Crippen LogP contribution in [0.3, 0.4) is 0 Å². The Balaban J connectivity index is 1.59. The SMILES string of the molecule is C=C(Nc1cccc(C(F)(F)F)c1)[C@@H]1[C@H](c2ccncc2)[C@@H]2O[C@H]1C[C@H]2O. The van der Waals surface area contributed by atoms with E-state index in [9.17, 15) is 18.3 Å². The first-order valence-corrected chi connectivity index (χ1v) is 8.71. The third-order valence-corrected chi connectivity index (χ3v) is 5.31. The predicted octanol–water partition coefficient (Wildman–Crippen LogP) is 3.96. The number of nitrogens with zero attached hydrogens (tertiary/aromatic N) is 1. The number of aromatic nitrogens is 1. The van der Waals surface area contributed by atoms with Crippen molar-refractivity contribution in [3.63, 3.8) is 0 Å². The maximum Gasteiger partial charge on any atom is 0.416 e. The number of halogens is 3. The molecule has 0 unspecified atom stereocenters. The highest BCUT2D eigenvalue weighted by Crippen LogP contribution is 2.51. The first-order chi connectivity index (χ1) is 12.8. The summed E-state index contributed by atoms with van der Waals surface area (Å²) in [7, 11) is 0. The van der Waals surface area contributed by atoms with Crippen molar-refractivity contribution in [1.29, 1.82) is 0 Å². The Morgan fingerprint density at radius 2 is 1.96 bits per heavy atom. The monoisotopic (exact) mass is 376 g/mol. The fourth-order valence-electron chi connectivity index (χ4n) is 4.18. The van der Waals surface area contributed by atoms with Gasteiger partial charge in [0.15, 0.2) is 0 Å². The van der Waals surface area contributed by atoms with E-state index in [0.29, 0.717) is 17.8 Å². The van der Waals surface area contributed by atoms with Crippen LogP contribution in [0.1, 0.15) is 23.5 Å². The Hall–Kier alpha value is -2.38. The van der Waals surface area contributed by atoms with Gasteiger partial charge in [0.05, 0.1) is 23.9 Å². The predicted molar refractivity (Wildman–Crippen MR) is 94.0 cm³/mol. The van der Waals surface area contributed by atoms with Crippen molar-refractivity contribution in [3.8, 4) is 0 Å². The Kier molecular flexibility index (Phi) is 4.44. The fourth-order valence-corrected chi connectivity index (χ4v) is 4.18. The Morgan fingerprint density at radius 1 is 1.22 bits per heavy atom. The summed E-state index contributed by atoms with van der Waals surface area (Å²) in [6.07, 6.45) is -1.72. The van der Waals surface area contributed by atoms with Gasteiger partial charge in [-0.25, -0.2) is 0 Å². The van der Waals surface area contributed by atoms with Gasteiger partial charge in [0, 0.05) is 42.0 Å². The van der Waals surface area contributed by atoms with Crippen molar-refractivity contribution in [2.75, 3.05) is 5.32 Å². The second-order valence-electron chi connectivity index (χ2n) is 7.00. The molecule has 2 aliphatic heterocycles. The molecular formula is C20H19F3N2O2. The number of fused-ring (bicyclic) bond motifs is 2. The van der Waals surface area contributed by atoms with Gasteiger partial charge in [0.2, 0.25) is 0 Å². The molecule has 27 heavy (non-hydrogen) atoms. The summed E-state index contributed by atoms with van der Waals surface area (Å²) in [4.78, 5) is 4.02. The molecule has 3 heterocycles. The molecule has 0 spiro atoms. The minimum Gasteiger partial charge on any atom is -0.390 e. The zero-order chi connectivity index (χ0) is 19.2. The van der Waals surface area contributed by atoms with Crippen molar-refractivity contribution in [3.05, 3.63) is 72.2 Å². The Bertz CT molecular complexity index is 841. The highest BCUT2D eigenvalue weighted by molar-refractivity contribution is 5.51. The largest absolute Gasteiger partial charge is 0.416 e. The lowest BCUT2D eigenvalue weighted by Crippen LogP contribution is -2.36. The molecule has 142 valence electrons. The smallest absolute Gasteiger partial charge is 0.390 e. The van der Waals surface area contributed by atoms with Crippen molar-refractivity contribution in [1.82, 2.24) is 4.98 Å².